The average Bonchev–Trinajstić information content (AvgIpc) is 3.23. The Balaban J connectivity index is 1.53. The maximum Gasteiger partial charge on any atom is 0.250 e. The number of nitrogens with zero attached hydrogens (tertiary/aromatic N) is 5. The van der Waals surface area contributed by atoms with Crippen molar-refractivity contribution in [2.24, 2.45) is 5.10 Å². The van der Waals surface area contributed by atoms with Gasteiger partial charge in [-0.2, -0.15) is 5.10 Å². The molecule has 0 saturated carbocycles. The highest BCUT2D eigenvalue weighted by Gasteiger charge is 2.17. The van der Waals surface area contributed by atoms with Crippen molar-refractivity contribution in [3.8, 4) is 17.1 Å². The summed E-state index contributed by atoms with van der Waals surface area (Å²) in [7, 11) is 0. The third-order valence-electron chi connectivity index (χ3n) is 4.65. The fraction of sp³-hybridized carbons (Fsp3) is 0.125. The van der Waals surface area contributed by atoms with Gasteiger partial charge in [-0.25, -0.2) is 5.43 Å². The van der Waals surface area contributed by atoms with Crippen LogP contribution in [0.25, 0.3) is 17.1 Å². The van der Waals surface area contributed by atoms with Gasteiger partial charge in [-0.05, 0) is 32.0 Å². The summed E-state index contributed by atoms with van der Waals surface area (Å²) in [5.41, 5.74) is 7.58. The molecule has 0 aliphatic rings. The molecule has 4 aromatic rings. The molecule has 2 aromatic heterocycles. The molecule has 8 heteroatoms. The second kappa shape index (κ2) is 10.0. The first kappa shape index (κ1) is 21.5. The van der Waals surface area contributed by atoms with E-state index in [2.05, 4.69) is 25.7 Å². The second-order valence-corrected chi connectivity index (χ2v) is 8.15. The Bertz CT molecular complexity index is 1220. The van der Waals surface area contributed by atoms with E-state index in [9.17, 15) is 4.79 Å². The number of benzene rings is 2. The van der Waals surface area contributed by atoms with Gasteiger partial charge in [-0.3, -0.25) is 14.3 Å². The number of amides is 1. The molecule has 0 atom stereocenters. The quantitative estimate of drug-likeness (QED) is 0.264. The fourth-order valence-corrected chi connectivity index (χ4v) is 3.72. The molecule has 0 saturated heterocycles. The minimum atomic E-state index is -0.231. The minimum Gasteiger partial charge on any atom is -0.272 e. The molecule has 0 aliphatic heterocycles. The fourth-order valence-electron chi connectivity index (χ4n) is 2.97. The van der Waals surface area contributed by atoms with E-state index < -0.39 is 0 Å². The molecular weight excluding hydrogens is 420 g/mol. The SMILES string of the molecule is Cc1ccc(-c2nnc(SCC(=O)N/N=C/c3cccnc3)n2-c2ccc(C)cc2)cc1. The molecule has 4 rings (SSSR count). The Morgan fingerprint density at radius 1 is 1.03 bits per heavy atom. The maximum absolute atomic E-state index is 12.3. The van der Waals surface area contributed by atoms with Crippen LogP contribution >= 0.6 is 11.8 Å². The van der Waals surface area contributed by atoms with Gasteiger partial charge in [0.2, 0.25) is 0 Å². The van der Waals surface area contributed by atoms with E-state index in [0.29, 0.717) is 5.16 Å². The number of thioether (sulfide) groups is 1. The predicted molar refractivity (Wildman–Crippen MR) is 127 cm³/mol. The molecule has 32 heavy (non-hydrogen) atoms. The van der Waals surface area contributed by atoms with Crippen LogP contribution in [0.2, 0.25) is 0 Å². The van der Waals surface area contributed by atoms with Crippen molar-refractivity contribution in [1.29, 1.82) is 0 Å². The van der Waals surface area contributed by atoms with Gasteiger partial charge >= 0.3 is 0 Å². The molecular formula is C24H22N6OS. The van der Waals surface area contributed by atoms with Crippen LogP contribution < -0.4 is 5.43 Å². The molecule has 2 aromatic carbocycles. The Hall–Kier alpha value is -3.78. The van der Waals surface area contributed by atoms with Crippen LogP contribution in [0.3, 0.4) is 0 Å². The summed E-state index contributed by atoms with van der Waals surface area (Å²) in [5.74, 6) is 0.652. The third-order valence-corrected chi connectivity index (χ3v) is 5.58. The minimum absolute atomic E-state index is 0.155. The van der Waals surface area contributed by atoms with E-state index in [1.807, 2.05) is 79.1 Å². The molecule has 0 unspecified atom stereocenters. The van der Waals surface area contributed by atoms with Crippen molar-refractivity contribution in [3.63, 3.8) is 0 Å². The van der Waals surface area contributed by atoms with E-state index >= 15 is 0 Å². The van der Waals surface area contributed by atoms with E-state index in [1.165, 1.54) is 22.9 Å². The number of carbonyl (C=O) groups excluding carboxylic acids is 1. The maximum atomic E-state index is 12.3. The standard InChI is InChI=1S/C24H22N6OS/c1-17-5-9-20(10-6-17)23-28-29-24(30(23)21-11-7-18(2)8-12-21)32-16-22(31)27-26-15-19-4-3-13-25-14-19/h3-15H,16H2,1-2H3,(H,27,31)/b26-15+. The van der Waals surface area contributed by atoms with Gasteiger partial charge < -0.3 is 0 Å². The number of carbonyl (C=O) groups is 1. The lowest BCUT2D eigenvalue weighted by atomic mass is 10.1. The Morgan fingerprint density at radius 3 is 2.44 bits per heavy atom. The zero-order valence-electron chi connectivity index (χ0n) is 17.8. The van der Waals surface area contributed by atoms with Gasteiger partial charge in [-0.15, -0.1) is 10.2 Å². The predicted octanol–water partition coefficient (Wildman–Crippen LogP) is 4.19. The van der Waals surface area contributed by atoms with E-state index in [1.54, 1.807) is 18.6 Å². The van der Waals surface area contributed by atoms with E-state index in [-0.39, 0.29) is 11.7 Å². The lowest BCUT2D eigenvalue weighted by Gasteiger charge is -2.11. The van der Waals surface area contributed by atoms with Crippen LogP contribution in [0.1, 0.15) is 16.7 Å². The number of hydrazone groups is 1. The monoisotopic (exact) mass is 442 g/mol. The molecule has 7 nitrogen and oxygen atoms in total. The molecule has 160 valence electrons. The number of aromatic nitrogens is 4. The topological polar surface area (TPSA) is 85.1 Å². The highest BCUT2D eigenvalue weighted by Crippen LogP contribution is 2.28. The van der Waals surface area contributed by atoms with Gasteiger partial charge in [0, 0.05) is 29.2 Å². The molecule has 1 amide bonds. The van der Waals surface area contributed by atoms with Crippen LogP contribution in [0.15, 0.2) is 83.3 Å². The summed E-state index contributed by atoms with van der Waals surface area (Å²) in [6.45, 7) is 4.09. The normalized spacial score (nSPS) is 11.1. The van der Waals surface area contributed by atoms with Crippen LogP contribution in [0.4, 0.5) is 0 Å². The Kier molecular flexibility index (Phi) is 6.72. The molecule has 2 heterocycles. The third kappa shape index (κ3) is 5.28. The number of rotatable bonds is 7. The number of hydrogen-bond donors (Lipinski definition) is 1. The lowest BCUT2D eigenvalue weighted by molar-refractivity contribution is -0.118. The first-order valence-corrected chi connectivity index (χ1v) is 11.0. The number of hydrogen-bond acceptors (Lipinski definition) is 6. The van der Waals surface area contributed by atoms with E-state index in [4.69, 9.17) is 0 Å². The Morgan fingerprint density at radius 2 is 1.75 bits per heavy atom. The summed E-state index contributed by atoms with van der Waals surface area (Å²) < 4.78 is 1.97. The zero-order valence-corrected chi connectivity index (χ0v) is 18.6. The average molecular weight is 443 g/mol. The number of pyridine rings is 1. The van der Waals surface area contributed by atoms with E-state index in [0.717, 1.165) is 22.6 Å². The van der Waals surface area contributed by atoms with Crippen LogP contribution in [0.5, 0.6) is 0 Å². The van der Waals surface area contributed by atoms with Crippen LogP contribution in [-0.4, -0.2) is 37.6 Å². The van der Waals surface area contributed by atoms with Crippen molar-refractivity contribution in [1.82, 2.24) is 25.2 Å². The number of aryl methyl sites for hydroxylation is 2. The highest BCUT2D eigenvalue weighted by atomic mass is 32.2. The summed E-state index contributed by atoms with van der Waals surface area (Å²) in [4.78, 5) is 16.3. The zero-order chi connectivity index (χ0) is 22.3. The van der Waals surface area contributed by atoms with Crippen molar-refractivity contribution in [3.05, 3.63) is 89.7 Å². The summed E-state index contributed by atoms with van der Waals surface area (Å²) in [6, 6.07) is 19.9. The number of nitrogens with one attached hydrogen (secondary N) is 1. The largest absolute Gasteiger partial charge is 0.272 e. The van der Waals surface area contributed by atoms with Crippen molar-refractivity contribution < 1.29 is 4.79 Å². The first-order chi connectivity index (χ1) is 15.6. The van der Waals surface area contributed by atoms with Crippen molar-refractivity contribution in [2.45, 2.75) is 19.0 Å². The van der Waals surface area contributed by atoms with Gasteiger partial charge in [0.1, 0.15) is 0 Å². The molecule has 0 bridgehead atoms. The summed E-state index contributed by atoms with van der Waals surface area (Å²) in [6.07, 6.45) is 4.91. The first-order valence-electron chi connectivity index (χ1n) is 10.0. The van der Waals surface area contributed by atoms with Crippen molar-refractivity contribution in [2.75, 3.05) is 5.75 Å². The van der Waals surface area contributed by atoms with Crippen LogP contribution in [-0.2, 0) is 4.79 Å². The Labute approximate surface area is 190 Å². The van der Waals surface area contributed by atoms with Gasteiger partial charge in [0.15, 0.2) is 11.0 Å². The molecule has 1 N–H and O–H groups in total. The van der Waals surface area contributed by atoms with Crippen molar-refractivity contribution >= 4 is 23.9 Å². The van der Waals surface area contributed by atoms with Crippen LogP contribution in [0, 0.1) is 13.8 Å². The molecule has 0 radical (unpaired) electrons. The summed E-state index contributed by atoms with van der Waals surface area (Å²) >= 11 is 1.31. The smallest absolute Gasteiger partial charge is 0.250 e. The van der Waals surface area contributed by atoms with Gasteiger partial charge in [0.25, 0.3) is 5.91 Å². The molecule has 0 aliphatic carbocycles. The molecule has 0 spiro atoms. The van der Waals surface area contributed by atoms with Gasteiger partial charge in [0.05, 0.1) is 12.0 Å². The van der Waals surface area contributed by atoms with Gasteiger partial charge in [-0.1, -0.05) is 65.4 Å². The highest BCUT2D eigenvalue weighted by molar-refractivity contribution is 7.99. The summed E-state index contributed by atoms with van der Waals surface area (Å²) in [5, 5.41) is 13.4. The molecule has 0 fully saturated rings. The second-order valence-electron chi connectivity index (χ2n) is 7.21. The lowest BCUT2D eigenvalue weighted by Crippen LogP contribution is -2.20.